The number of hydrogen-bond acceptors (Lipinski definition) is 8. The summed E-state index contributed by atoms with van der Waals surface area (Å²) in [7, 11) is -1.62. The summed E-state index contributed by atoms with van der Waals surface area (Å²) in [5.74, 6) is 5.33. The molecule has 0 saturated carbocycles. The van der Waals surface area contributed by atoms with Crippen LogP contribution in [0.5, 0.6) is 0 Å². The number of nitrogens with zero attached hydrogens (tertiary/aromatic N) is 1. The lowest BCUT2D eigenvalue weighted by Crippen LogP contribution is -2.26. The van der Waals surface area contributed by atoms with E-state index < -0.39 is 14.8 Å². The summed E-state index contributed by atoms with van der Waals surface area (Å²) in [4.78, 5) is 10.1. The quantitative estimate of drug-likeness (QED) is 0.191. The average Bonchev–Trinajstić information content (AvgIpc) is 2.57. The standard InChI is InChI=1S/C14H23N5O4S/c1-16-9-7-12(18-15)11-17-8-2-10-24(22,23)14-5-3-13(4-6-14)19(20)21/h3-6,11,16-18H,2,7-10,15H2,1H3/b12-11-. The number of benzene rings is 1. The molecule has 1 aromatic carbocycles. The Morgan fingerprint density at radius 1 is 1.29 bits per heavy atom. The molecule has 134 valence electrons. The van der Waals surface area contributed by atoms with Crippen LogP contribution in [0.15, 0.2) is 41.1 Å². The zero-order chi connectivity index (χ0) is 18.0. The number of sulfone groups is 1. The lowest BCUT2D eigenvalue weighted by atomic mass is 10.3. The molecule has 1 rings (SSSR count). The molecule has 9 nitrogen and oxygen atoms in total. The summed E-state index contributed by atoms with van der Waals surface area (Å²) in [6.45, 7) is 1.24. The molecule has 0 radical (unpaired) electrons. The van der Waals surface area contributed by atoms with Crippen LogP contribution in [0, 0.1) is 10.1 Å². The number of hydrazine groups is 1. The van der Waals surface area contributed by atoms with Crippen LogP contribution in [0.3, 0.4) is 0 Å². The van der Waals surface area contributed by atoms with E-state index in [4.69, 9.17) is 5.84 Å². The predicted octanol–water partition coefficient (Wildman–Crippen LogP) is 0.262. The smallest absolute Gasteiger partial charge is 0.269 e. The maximum atomic E-state index is 12.2. The first-order valence-corrected chi connectivity index (χ1v) is 9.07. The van der Waals surface area contributed by atoms with Crippen LogP contribution in [0.4, 0.5) is 5.69 Å². The Labute approximate surface area is 141 Å². The first kappa shape index (κ1) is 19.9. The molecule has 1 aromatic rings. The predicted molar refractivity (Wildman–Crippen MR) is 91.7 cm³/mol. The van der Waals surface area contributed by atoms with Crippen molar-refractivity contribution in [1.29, 1.82) is 0 Å². The third-order valence-corrected chi connectivity index (χ3v) is 5.06. The molecule has 0 saturated heterocycles. The van der Waals surface area contributed by atoms with Gasteiger partial charge in [-0.15, -0.1) is 0 Å². The van der Waals surface area contributed by atoms with Crippen molar-refractivity contribution < 1.29 is 13.3 Å². The van der Waals surface area contributed by atoms with Crippen molar-refractivity contribution in [2.75, 3.05) is 25.9 Å². The number of nitrogens with two attached hydrogens (primary N) is 1. The number of non-ortho nitro benzene ring substituents is 1. The third kappa shape index (κ3) is 6.52. The number of nitro benzene ring substituents is 1. The van der Waals surface area contributed by atoms with Crippen LogP contribution in [-0.4, -0.2) is 39.2 Å². The molecule has 0 fully saturated rings. The van der Waals surface area contributed by atoms with Crippen molar-refractivity contribution >= 4 is 15.5 Å². The highest BCUT2D eigenvalue weighted by atomic mass is 32.2. The second kappa shape index (κ2) is 9.85. The molecular formula is C14H23N5O4S. The molecule has 0 heterocycles. The monoisotopic (exact) mass is 357 g/mol. The zero-order valence-electron chi connectivity index (χ0n) is 13.5. The Balaban J connectivity index is 2.48. The van der Waals surface area contributed by atoms with Gasteiger partial charge >= 0.3 is 0 Å². The average molecular weight is 357 g/mol. The van der Waals surface area contributed by atoms with E-state index in [1.54, 1.807) is 6.20 Å². The molecule has 0 amide bonds. The van der Waals surface area contributed by atoms with Crippen LogP contribution in [0.2, 0.25) is 0 Å². The van der Waals surface area contributed by atoms with Gasteiger partial charge in [0, 0.05) is 43.5 Å². The van der Waals surface area contributed by atoms with E-state index in [1.807, 2.05) is 7.05 Å². The second-order valence-electron chi connectivity index (χ2n) is 5.05. The van der Waals surface area contributed by atoms with Crippen LogP contribution in [0.1, 0.15) is 12.8 Å². The van der Waals surface area contributed by atoms with E-state index in [9.17, 15) is 18.5 Å². The molecule has 0 aliphatic rings. The molecule has 5 N–H and O–H groups in total. The molecule has 0 atom stereocenters. The summed E-state index contributed by atoms with van der Waals surface area (Å²) in [5.41, 5.74) is 3.24. The maximum Gasteiger partial charge on any atom is 0.269 e. The van der Waals surface area contributed by atoms with Crippen LogP contribution < -0.4 is 21.9 Å². The molecule has 0 aliphatic carbocycles. The summed E-state index contributed by atoms with van der Waals surface area (Å²) in [6, 6.07) is 4.90. The van der Waals surface area contributed by atoms with Crippen molar-refractivity contribution in [1.82, 2.24) is 16.1 Å². The Kier molecular flexibility index (Phi) is 8.16. The number of nitrogens with one attached hydrogen (secondary N) is 3. The minimum Gasteiger partial charge on any atom is -0.389 e. The van der Waals surface area contributed by atoms with E-state index in [2.05, 4.69) is 16.1 Å². The van der Waals surface area contributed by atoms with Gasteiger partial charge in [-0.2, -0.15) is 0 Å². The molecule has 0 spiro atoms. The maximum absolute atomic E-state index is 12.2. The lowest BCUT2D eigenvalue weighted by Gasteiger charge is -2.08. The molecule has 0 bridgehead atoms. The van der Waals surface area contributed by atoms with Gasteiger partial charge in [-0.25, -0.2) is 8.42 Å². The van der Waals surface area contributed by atoms with Gasteiger partial charge < -0.3 is 16.1 Å². The van der Waals surface area contributed by atoms with Crippen molar-refractivity contribution in [2.45, 2.75) is 17.7 Å². The fraction of sp³-hybridized carbons (Fsp3) is 0.429. The van der Waals surface area contributed by atoms with E-state index in [0.717, 1.165) is 18.7 Å². The van der Waals surface area contributed by atoms with Gasteiger partial charge in [0.05, 0.1) is 15.6 Å². The normalized spacial score (nSPS) is 12.0. The number of nitro groups is 1. The van der Waals surface area contributed by atoms with Crippen molar-refractivity contribution in [2.24, 2.45) is 5.84 Å². The topological polar surface area (TPSA) is 139 Å². The molecular weight excluding hydrogens is 334 g/mol. The Morgan fingerprint density at radius 3 is 2.50 bits per heavy atom. The fourth-order valence-electron chi connectivity index (χ4n) is 1.90. The van der Waals surface area contributed by atoms with Gasteiger partial charge in [-0.3, -0.25) is 16.0 Å². The highest BCUT2D eigenvalue weighted by molar-refractivity contribution is 7.91. The van der Waals surface area contributed by atoms with Gasteiger partial charge in [0.1, 0.15) is 0 Å². The first-order chi connectivity index (χ1) is 11.4. The minimum absolute atomic E-state index is 0.0481. The molecule has 0 aromatic heterocycles. The Morgan fingerprint density at radius 2 is 1.96 bits per heavy atom. The Hall–Kier alpha value is -2.17. The summed E-state index contributed by atoms with van der Waals surface area (Å²) < 4.78 is 24.3. The number of rotatable bonds is 11. The number of hydrogen-bond donors (Lipinski definition) is 4. The van der Waals surface area contributed by atoms with Crippen molar-refractivity contribution in [3.63, 3.8) is 0 Å². The lowest BCUT2D eigenvalue weighted by molar-refractivity contribution is -0.384. The van der Waals surface area contributed by atoms with Crippen molar-refractivity contribution in [3.8, 4) is 0 Å². The van der Waals surface area contributed by atoms with Crippen LogP contribution in [0.25, 0.3) is 0 Å². The van der Waals surface area contributed by atoms with Gasteiger partial charge in [-0.1, -0.05) is 0 Å². The minimum atomic E-state index is -3.46. The van der Waals surface area contributed by atoms with E-state index in [-0.39, 0.29) is 16.3 Å². The molecule has 10 heteroatoms. The summed E-state index contributed by atoms with van der Waals surface area (Å²) in [6.07, 6.45) is 2.84. The van der Waals surface area contributed by atoms with Crippen LogP contribution in [-0.2, 0) is 9.84 Å². The highest BCUT2D eigenvalue weighted by Crippen LogP contribution is 2.17. The van der Waals surface area contributed by atoms with Crippen molar-refractivity contribution in [3.05, 3.63) is 46.3 Å². The second-order valence-corrected chi connectivity index (χ2v) is 7.15. The highest BCUT2D eigenvalue weighted by Gasteiger charge is 2.15. The van der Waals surface area contributed by atoms with Gasteiger partial charge in [0.2, 0.25) is 0 Å². The molecule has 24 heavy (non-hydrogen) atoms. The molecule has 0 aliphatic heterocycles. The van der Waals surface area contributed by atoms with E-state index in [0.29, 0.717) is 13.0 Å². The van der Waals surface area contributed by atoms with Gasteiger partial charge in [-0.05, 0) is 25.6 Å². The van der Waals surface area contributed by atoms with E-state index in [1.165, 1.54) is 24.3 Å². The fourth-order valence-corrected chi connectivity index (χ4v) is 3.21. The largest absolute Gasteiger partial charge is 0.389 e. The summed E-state index contributed by atoms with van der Waals surface area (Å²) >= 11 is 0. The van der Waals surface area contributed by atoms with Gasteiger partial charge in [0.25, 0.3) is 5.69 Å². The molecule has 0 unspecified atom stereocenters. The van der Waals surface area contributed by atoms with Crippen LogP contribution >= 0.6 is 0 Å². The van der Waals surface area contributed by atoms with E-state index >= 15 is 0 Å². The zero-order valence-corrected chi connectivity index (χ0v) is 14.3. The Bertz CT molecular complexity index is 658. The summed E-state index contributed by atoms with van der Waals surface area (Å²) in [5, 5.41) is 16.6. The van der Waals surface area contributed by atoms with Gasteiger partial charge in [0.15, 0.2) is 9.84 Å². The SMILES string of the molecule is CNCC/C(=C/NCCCS(=O)(=O)c1ccc([N+](=O)[O-])cc1)NN. The third-order valence-electron chi connectivity index (χ3n) is 3.25. The first-order valence-electron chi connectivity index (χ1n) is 7.41.